The molecule has 3 aromatic rings. The maximum absolute atomic E-state index is 13.1. The molecule has 0 bridgehead atoms. The van der Waals surface area contributed by atoms with Crippen molar-refractivity contribution in [2.24, 2.45) is 5.10 Å². The number of nitrogens with one attached hydrogen (secondary N) is 1. The highest BCUT2D eigenvalue weighted by Gasteiger charge is 2.21. The van der Waals surface area contributed by atoms with Gasteiger partial charge in [0.1, 0.15) is 11.0 Å². The molecular formula is C17H18ClFN6S. The summed E-state index contributed by atoms with van der Waals surface area (Å²) in [7, 11) is 0. The molecule has 6 nitrogen and oxygen atoms in total. The van der Waals surface area contributed by atoms with Crippen molar-refractivity contribution in [3.63, 3.8) is 0 Å². The Morgan fingerprint density at radius 1 is 1.27 bits per heavy atom. The van der Waals surface area contributed by atoms with Crippen LogP contribution in [0.3, 0.4) is 0 Å². The van der Waals surface area contributed by atoms with E-state index < -0.39 is 0 Å². The number of hydrogen-bond donors (Lipinski definition) is 1. The van der Waals surface area contributed by atoms with Crippen molar-refractivity contribution in [3.05, 3.63) is 57.1 Å². The van der Waals surface area contributed by atoms with Crippen LogP contribution in [0.2, 0.25) is 5.15 Å². The van der Waals surface area contributed by atoms with E-state index in [9.17, 15) is 4.39 Å². The highest BCUT2D eigenvalue weighted by molar-refractivity contribution is 7.71. The fraction of sp³-hybridized carbons (Fsp3) is 0.294. The highest BCUT2D eigenvalue weighted by atomic mass is 35.5. The normalized spacial score (nSPS) is 12.2. The van der Waals surface area contributed by atoms with Crippen LogP contribution in [0.1, 0.15) is 37.9 Å². The fourth-order valence-electron chi connectivity index (χ4n) is 2.41. The minimum absolute atomic E-state index is 0.234. The maximum Gasteiger partial charge on any atom is 0.216 e. The second kappa shape index (κ2) is 6.77. The largest absolute Gasteiger partial charge is 0.250 e. The molecule has 0 spiro atoms. The van der Waals surface area contributed by atoms with Crippen molar-refractivity contribution in [2.45, 2.75) is 33.1 Å². The third-order valence-electron chi connectivity index (χ3n) is 3.74. The zero-order valence-electron chi connectivity index (χ0n) is 14.8. The van der Waals surface area contributed by atoms with Crippen molar-refractivity contribution in [3.8, 4) is 5.69 Å². The smallest absolute Gasteiger partial charge is 0.216 e. The maximum atomic E-state index is 13.1. The van der Waals surface area contributed by atoms with Gasteiger partial charge >= 0.3 is 0 Å². The molecule has 0 aliphatic carbocycles. The van der Waals surface area contributed by atoms with E-state index in [2.05, 4.69) is 20.4 Å². The number of aromatic nitrogens is 5. The molecule has 9 heteroatoms. The highest BCUT2D eigenvalue weighted by Crippen LogP contribution is 2.23. The molecule has 136 valence electrons. The van der Waals surface area contributed by atoms with Crippen LogP contribution in [0.25, 0.3) is 5.69 Å². The average molecular weight is 393 g/mol. The van der Waals surface area contributed by atoms with Crippen molar-refractivity contribution < 1.29 is 4.39 Å². The van der Waals surface area contributed by atoms with E-state index in [0.717, 1.165) is 0 Å². The summed E-state index contributed by atoms with van der Waals surface area (Å²) < 4.78 is 16.6. The van der Waals surface area contributed by atoms with Crippen LogP contribution in [0.4, 0.5) is 4.39 Å². The van der Waals surface area contributed by atoms with Crippen molar-refractivity contribution in [2.75, 3.05) is 0 Å². The van der Waals surface area contributed by atoms with Crippen molar-refractivity contribution in [1.29, 1.82) is 0 Å². The Bertz CT molecular complexity index is 1020. The van der Waals surface area contributed by atoms with Gasteiger partial charge in [0.05, 0.1) is 23.2 Å². The molecule has 0 fully saturated rings. The zero-order valence-corrected chi connectivity index (χ0v) is 16.4. The zero-order chi connectivity index (χ0) is 19.1. The first-order valence-corrected chi connectivity index (χ1v) is 8.70. The van der Waals surface area contributed by atoms with Crippen LogP contribution >= 0.6 is 23.8 Å². The molecule has 0 saturated carbocycles. The fourth-order valence-corrected chi connectivity index (χ4v) is 2.91. The molecule has 3 rings (SSSR count). The Morgan fingerprint density at radius 2 is 1.92 bits per heavy atom. The van der Waals surface area contributed by atoms with E-state index in [1.807, 2.05) is 27.7 Å². The molecule has 0 atom stereocenters. The Kier molecular flexibility index (Phi) is 4.81. The minimum atomic E-state index is -0.320. The number of hydrogen-bond acceptors (Lipinski definition) is 4. The summed E-state index contributed by atoms with van der Waals surface area (Å²) >= 11 is 11.7. The summed E-state index contributed by atoms with van der Waals surface area (Å²) in [4.78, 5) is 0. The van der Waals surface area contributed by atoms with Crippen molar-refractivity contribution >= 4 is 30.0 Å². The molecule has 0 radical (unpaired) electrons. The Labute approximate surface area is 160 Å². The molecule has 1 N–H and O–H groups in total. The monoisotopic (exact) mass is 392 g/mol. The number of aromatic amines is 1. The van der Waals surface area contributed by atoms with E-state index >= 15 is 0 Å². The summed E-state index contributed by atoms with van der Waals surface area (Å²) in [6.07, 6.45) is 1.60. The minimum Gasteiger partial charge on any atom is -0.250 e. The molecular weight excluding hydrogens is 375 g/mol. The summed E-state index contributed by atoms with van der Waals surface area (Å²) in [5.74, 6) is 0.387. The quantitative estimate of drug-likeness (QED) is 0.530. The predicted molar refractivity (Wildman–Crippen MR) is 102 cm³/mol. The van der Waals surface area contributed by atoms with Crippen LogP contribution in [-0.4, -0.2) is 30.9 Å². The number of benzene rings is 1. The van der Waals surface area contributed by atoms with Crippen LogP contribution in [0, 0.1) is 17.5 Å². The van der Waals surface area contributed by atoms with Crippen LogP contribution < -0.4 is 0 Å². The molecule has 2 heterocycles. The SMILES string of the molecule is Cc1nn(-c2ccc(F)cc2)c(Cl)c1/C=N/n1c(C(C)(C)C)n[nH]c1=S. The predicted octanol–water partition coefficient (Wildman–Crippen LogP) is 4.41. The lowest BCUT2D eigenvalue weighted by molar-refractivity contribution is 0.516. The van der Waals surface area contributed by atoms with E-state index in [4.69, 9.17) is 23.8 Å². The first kappa shape index (κ1) is 18.5. The summed E-state index contributed by atoms with van der Waals surface area (Å²) in [6, 6.07) is 5.94. The van der Waals surface area contributed by atoms with E-state index in [1.165, 1.54) is 16.8 Å². The molecule has 1 aromatic carbocycles. The van der Waals surface area contributed by atoms with Crippen molar-refractivity contribution in [1.82, 2.24) is 24.7 Å². The lowest BCUT2D eigenvalue weighted by Gasteiger charge is -2.15. The lowest BCUT2D eigenvalue weighted by Crippen LogP contribution is -2.17. The van der Waals surface area contributed by atoms with E-state index in [0.29, 0.717) is 32.7 Å². The topological polar surface area (TPSA) is 63.8 Å². The second-order valence-electron chi connectivity index (χ2n) is 6.84. The standard InChI is InChI=1S/C17H18ClFN6S/c1-10-13(9-20-25-15(17(2,3)4)21-22-16(25)26)14(18)24(23-10)12-7-5-11(19)6-8-12/h5-9H,1-4H3,(H,22,26)/b20-9+. The molecule has 0 unspecified atom stereocenters. The summed E-state index contributed by atoms with van der Waals surface area (Å²) in [5, 5.41) is 16.2. The summed E-state index contributed by atoms with van der Waals surface area (Å²) in [5.41, 5.74) is 1.77. The third-order valence-corrected chi connectivity index (χ3v) is 4.37. The molecule has 26 heavy (non-hydrogen) atoms. The Hall–Kier alpha value is -2.32. The van der Waals surface area contributed by atoms with E-state index in [1.54, 1.807) is 23.0 Å². The Balaban J connectivity index is 2.02. The van der Waals surface area contributed by atoms with E-state index in [-0.39, 0.29) is 11.2 Å². The molecule has 0 amide bonds. The van der Waals surface area contributed by atoms with Crippen LogP contribution in [0.15, 0.2) is 29.4 Å². The number of rotatable bonds is 3. The number of nitrogens with zero attached hydrogens (tertiary/aromatic N) is 5. The van der Waals surface area contributed by atoms with Gasteiger partial charge < -0.3 is 0 Å². The first-order chi connectivity index (χ1) is 12.2. The number of halogens is 2. The average Bonchev–Trinajstić information content (AvgIpc) is 3.07. The van der Waals surface area contributed by atoms with Gasteiger partial charge in [-0.2, -0.15) is 20.0 Å². The summed E-state index contributed by atoms with van der Waals surface area (Å²) in [6.45, 7) is 7.89. The molecule has 0 aliphatic heterocycles. The van der Waals surface area contributed by atoms with Gasteiger partial charge in [0, 0.05) is 5.41 Å². The van der Waals surface area contributed by atoms with Gasteiger partial charge in [-0.15, -0.1) is 0 Å². The van der Waals surface area contributed by atoms with Crippen LogP contribution in [0.5, 0.6) is 0 Å². The van der Waals surface area contributed by atoms with Gasteiger partial charge in [-0.05, 0) is 43.4 Å². The van der Waals surface area contributed by atoms with Gasteiger partial charge in [0.15, 0.2) is 5.82 Å². The molecule has 0 aliphatic rings. The molecule has 2 aromatic heterocycles. The Morgan fingerprint density at radius 3 is 2.54 bits per heavy atom. The van der Waals surface area contributed by atoms with Gasteiger partial charge in [-0.3, -0.25) is 5.10 Å². The third kappa shape index (κ3) is 3.47. The number of aryl methyl sites for hydroxylation is 1. The van der Waals surface area contributed by atoms with Crippen LogP contribution in [-0.2, 0) is 5.41 Å². The van der Waals surface area contributed by atoms with Gasteiger partial charge in [-0.1, -0.05) is 32.4 Å². The lowest BCUT2D eigenvalue weighted by atomic mass is 9.96. The van der Waals surface area contributed by atoms with Gasteiger partial charge in [-0.25, -0.2) is 9.07 Å². The molecule has 0 saturated heterocycles. The number of H-pyrrole nitrogens is 1. The second-order valence-corrected chi connectivity index (χ2v) is 7.58. The van der Waals surface area contributed by atoms with Gasteiger partial charge in [0.2, 0.25) is 4.77 Å². The first-order valence-electron chi connectivity index (χ1n) is 7.92. The van der Waals surface area contributed by atoms with Gasteiger partial charge in [0.25, 0.3) is 0 Å².